The van der Waals surface area contributed by atoms with Gasteiger partial charge in [-0.15, -0.1) is 0 Å². The second-order valence-corrected chi connectivity index (χ2v) is 8.65. The van der Waals surface area contributed by atoms with Crippen molar-refractivity contribution in [1.29, 1.82) is 0 Å². The van der Waals surface area contributed by atoms with Gasteiger partial charge >= 0.3 is 5.97 Å². The maximum atomic E-state index is 13.3. The summed E-state index contributed by atoms with van der Waals surface area (Å²) in [6.45, 7) is 3.58. The largest absolute Gasteiger partial charge is 0.507 e. The normalized spacial score (nSPS) is 18.1. The molecule has 1 amide bonds. The van der Waals surface area contributed by atoms with Crippen molar-refractivity contribution in [3.05, 3.63) is 95.1 Å². The van der Waals surface area contributed by atoms with Crippen LogP contribution in [-0.4, -0.2) is 35.7 Å². The molecule has 8 nitrogen and oxygen atoms in total. The minimum Gasteiger partial charge on any atom is -0.507 e. The van der Waals surface area contributed by atoms with E-state index in [1.807, 2.05) is 6.07 Å². The molecule has 2 aliphatic rings. The fourth-order valence-corrected chi connectivity index (χ4v) is 4.29. The first kappa shape index (κ1) is 23.2. The highest BCUT2D eigenvalue weighted by Gasteiger charge is 2.47. The molecule has 182 valence electrons. The Morgan fingerprint density at radius 3 is 2.31 bits per heavy atom. The van der Waals surface area contributed by atoms with E-state index in [1.54, 1.807) is 80.6 Å². The van der Waals surface area contributed by atoms with Gasteiger partial charge in [-0.1, -0.05) is 30.3 Å². The zero-order valence-electron chi connectivity index (χ0n) is 19.6. The standard InChI is InChI=1S/C28H23NO7/c1-16(2)36-28(33)18-8-11-20(12-9-18)29-24(17-6-4-3-5-7-17)23(26(31)27(29)32)25(30)19-10-13-21-22(14-19)35-15-34-21/h3-14,16,24,30H,15H2,1-2H3/b25-23-. The number of Topliss-reactive ketones (excluding diaryl/α,β-unsaturated/α-hetero) is 1. The number of fused-ring (bicyclic) bond motifs is 1. The first-order valence-corrected chi connectivity index (χ1v) is 11.4. The lowest BCUT2D eigenvalue weighted by molar-refractivity contribution is -0.132. The molecule has 1 fully saturated rings. The van der Waals surface area contributed by atoms with Crippen LogP contribution in [0.15, 0.2) is 78.4 Å². The number of amides is 1. The Morgan fingerprint density at radius 1 is 0.944 bits per heavy atom. The number of esters is 1. The van der Waals surface area contributed by atoms with Crippen molar-refractivity contribution in [2.24, 2.45) is 0 Å². The van der Waals surface area contributed by atoms with Gasteiger partial charge in [-0.25, -0.2) is 4.79 Å². The van der Waals surface area contributed by atoms with Gasteiger partial charge in [0.1, 0.15) is 5.76 Å². The zero-order chi connectivity index (χ0) is 25.4. The van der Waals surface area contributed by atoms with Gasteiger partial charge in [0, 0.05) is 11.3 Å². The monoisotopic (exact) mass is 485 g/mol. The lowest BCUT2D eigenvalue weighted by atomic mass is 9.95. The topological polar surface area (TPSA) is 102 Å². The highest BCUT2D eigenvalue weighted by atomic mass is 16.7. The quantitative estimate of drug-likeness (QED) is 0.244. The van der Waals surface area contributed by atoms with Crippen LogP contribution in [0.2, 0.25) is 0 Å². The number of hydrogen-bond acceptors (Lipinski definition) is 7. The average molecular weight is 485 g/mol. The number of nitrogens with zero attached hydrogens (tertiary/aromatic N) is 1. The second kappa shape index (κ2) is 9.22. The molecule has 3 aromatic carbocycles. The maximum absolute atomic E-state index is 13.3. The van der Waals surface area contributed by atoms with Crippen LogP contribution in [0.1, 0.15) is 41.4 Å². The fraction of sp³-hybridized carbons (Fsp3) is 0.179. The Hall–Kier alpha value is -4.59. The van der Waals surface area contributed by atoms with Crippen LogP contribution in [0.5, 0.6) is 11.5 Å². The van der Waals surface area contributed by atoms with Crippen molar-refractivity contribution in [2.75, 3.05) is 11.7 Å². The summed E-state index contributed by atoms with van der Waals surface area (Å²) in [7, 11) is 0. The van der Waals surface area contributed by atoms with Crippen molar-refractivity contribution >= 4 is 29.1 Å². The van der Waals surface area contributed by atoms with Gasteiger partial charge in [0.05, 0.1) is 23.3 Å². The molecule has 5 rings (SSSR count). The van der Waals surface area contributed by atoms with Gasteiger partial charge in [-0.3, -0.25) is 14.5 Å². The third kappa shape index (κ3) is 4.07. The summed E-state index contributed by atoms with van der Waals surface area (Å²) in [6, 6.07) is 19.1. The Labute approximate surface area is 207 Å². The minimum atomic E-state index is -0.884. The van der Waals surface area contributed by atoms with E-state index < -0.39 is 23.7 Å². The Balaban J connectivity index is 1.60. The van der Waals surface area contributed by atoms with E-state index in [4.69, 9.17) is 14.2 Å². The summed E-state index contributed by atoms with van der Waals surface area (Å²) in [5.41, 5.74) is 1.64. The number of rotatable bonds is 5. The average Bonchev–Trinajstić information content (AvgIpc) is 3.46. The summed E-state index contributed by atoms with van der Waals surface area (Å²) < 4.78 is 16.0. The third-order valence-corrected chi connectivity index (χ3v) is 5.93. The van der Waals surface area contributed by atoms with Crippen molar-refractivity contribution in [3.63, 3.8) is 0 Å². The fourth-order valence-electron chi connectivity index (χ4n) is 4.29. The molecule has 2 aliphatic heterocycles. The minimum absolute atomic E-state index is 0.0478. The predicted molar refractivity (Wildman–Crippen MR) is 131 cm³/mol. The van der Waals surface area contributed by atoms with E-state index in [9.17, 15) is 19.5 Å². The molecule has 0 saturated carbocycles. The number of carbonyl (C=O) groups excluding carboxylic acids is 3. The lowest BCUT2D eigenvalue weighted by Crippen LogP contribution is -2.29. The molecule has 0 radical (unpaired) electrons. The number of hydrogen-bond donors (Lipinski definition) is 1. The molecule has 2 heterocycles. The van der Waals surface area contributed by atoms with Crippen LogP contribution in [-0.2, 0) is 14.3 Å². The second-order valence-electron chi connectivity index (χ2n) is 8.65. The number of benzene rings is 3. The predicted octanol–water partition coefficient (Wildman–Crippen LogP) is 4.61. The molecule has 0 aliphatic carbocycles. The summed E-state index contributed by atoms with van der Waals surface area (Å²) in [6.07, 6.45) is -0.274. The van der Waals surface area contributed by atoms with Crippen LogP contribution in [0.25, 0.3) is 5.76 Å². The van der Waals surface area contributed by atoms with Crippen molar-refractivity contribution < 1.29 is 33.7 Å². The number of aliphatic hydroxyl groups is 1. The molecule has 1 saturated heterocycles. The van der Waals surface area contributed by atoms with Crippen molar-refractivity contribution in [2.45, 2.75) is 26.0 Å². The van der Waals surface area contributed by atoms with Crippen LogP contribution < -0.4 is 14.4 Å². The third-order valence-electron chi connectivity index (χ3n) is 5.93. The van der Waals surface area contributed by atoms with Gasteiger partial charge in [-0.2, -0.15) is 0 Å². The first-order chi connectivity index (χ1) is 17.3. The lowest BCUT2D eigenvalue weighted by Gasteiger charge is -2.25. The van der Waals surface area contributed by atoms with E-state index in [0.717, 1.165) is 0 Å². The van der Waals surface area contributed by atoms with E-state index in [-0.39, 0.29) is 24.2 Å². The van der Waals surface area contributed by atoms with E-state index in [1.165, 1.54) is 4.90 Å². The Morgan fingerprint density at radius 2 is 1.61 bits per heavy atom. The molecule has 8 heteroatoms. The summed E-state index contributed by atoms with van der Waals surface area (Å²) >= 11 is 0. The van der Waals surface area contributed by atoms with Crippen LogP contribution in [0, 0.1) is 0 Å². The van der Waals surface area contributed by atoms with Gasteiger partial charge in [0.25, 0.3) is 11.7 Å². The van der Waals surface area contributed by atoms with Crippen LogP contribution >= 0.6 is 0 Å². The Bertz CT molecular complexity index is 1380. The van der Waals surface area contributed by atoms with Gasteiger partial charge in [0.2, 0.25) is 6.79 Å². The molecule has 0 bridgehead atoms. The molecule has 0 spiro atoms. The molecule has 1 N–H and O–H groups in total. The zero-order valence-corrected chi connectivity index (χ0v) is 19.6. The highest BCUT2D eigenvalue weighted by Crippen LogP contribution is 2.43. The Kier molecular flexibility index (Phi) is 5.93. The number of carbonyl (C=O) groups is 3. The van der Waals surface area contributed by atoms with Crippen molar-refractivity contribution in [1.82, 2.24) is 0 Å². The van der Waals surface area contributed by atoms with Gasteiger partial charge in [0.15, 0.2) is 11.5 Å². The summed E-state index contributed by atoms with van der Waals surface area (Å²) in [4.78, 5) is 40.1. The molecular weight excluding hydrogens is 462 g/mol. The number of anilines is 1. The van der Waals surface area contributed by atoms with Crippen LogP contribution in [0.3, 0.4) is 0 Å². The number of ether oxygens (including phenoxy) is 3. The van der Waals surface area contributed by atoms with Gasteiger partial charge < -0.3 is 19.3 Å². The summed E-state index contributed by atoms with van der Waals surface area (Å²) in [5, 5.41) is 11.3. The molecule has 36 heavy (non-hydrogen) atoms. The van der Waals surface area contributed by atoms with Crippen molar-refractivity contribution in [3.8, 4) is 11.5 Å². The van der Waals surface area contributed by atoms with E-state index in [0.29, 0.717) is 33.9 Å². The number of aliphatic hydroxyl groups excluding tert-OH is 1. The molecule has 1 atom stereocenters. The smallest absolute Gasteiger partial charge is 0.338 e. The van der Waals surface area contributed by atoms with E-state index in [2.05, 4.69) is 0 Å². The maximum Gasteiger partial charge on any atom is 0.338 e. The highest BCUT2D eigenvalue weighted by molar-refractivity contribution is 6.51. The van der Waals surface area contributed by atoms with Gasteiger partial charge in [-0.05, 0) is 61.9 Å². The van der Waals surface area contributed by atoms with E-state index >= 15 is 0 Å². The summed E-state index contributed by atoms with van der Waals surface area (Å²) in [5.74, 6) is -1.44. The molecule has 1 unspecified atom stereocenters. The first-order valence-electron chi connectivity index (χ1n) is 11.4. The number of ketones is 1. The SMILES string of the molecule is CC(C)OC(=O)c1ccc(N2C(=O)C(=O)/C(=C(\O)c3ccc4c(c3)OCO4)C2c2ccccc2)cc1. The molecule has 0 aromatic heterocycles. The molecular formula is C28H23NO7. The van der Waals surface area contributed by atoms with Crippen LogP contribution in [0.4, 0.5) is 5.69 Å². The molecule has 3 aromatic rings.